The van der Waals surface area contributed by atoms with Crippen LogP contribution < -0.4 is 10.2 Å². The molecule has 0 atom stereocenters. The number of nitrogens with zero attached hydrogens (tertiary/aromatic N) is 5. The Hall–Kier alpha value is -2.42. The van der Waals surface area contributed by atoms with E-state index in [0.717, 1.165) is 25.2 Å². The van der Waals surface area contributed by atoms with Crippen LogP contribution in [0.5, 0.6) is 0 Å². The summed E-state index contributed by atoms with van der Waals surface area (Å²) in [5, 5.41) is 7.83. The Labute approximate surface area is 135 Å². The number of rotatable bonds is 2. The van der Waals surface area contributed by atoms with Gasteiger partial charge in [0.25, 0.3) is 0 Å². The van der Waals surface area contributed by atoms with Gasteiger partial charge < -0.3 is 10.2 Å². The Bertz CT molecular complexity index is 926. The zero-order valence-electron chi connectivity index (χ0n) is 13.1. The Balaban J connectivity index is 1.92. The molecule has 1 aromatic carbocycles. The molecule has 1 saturated heterocycles. The van der Waals surface area contributed by atoms with Gasteiger partial charge >= 0.3 is 6.18 Å². The largest absolute Gasteiger partial charge is 0.416 e. The Morgan fingerprint density at radius 3 is 2.62 bits per heavy atom. The first kappa shape index (κ1) is 15.1. The van der Waals surface area contributed by atoms with Crippen LogP contribution in [0.2, 0.25) is 0 Å². The lowest BCUT2D eigenvalue weighted by Gasteiger charge is -2.39. The summed E-state index contributed by atoms with van der Waals surface area (Å²) < 4.78 is 40.5. The number of alkyl halides is 3. The van der Waals surface area contributed by atoms with E-state index in [4.69, 9.17) is 0 Å². The first-order chi connectivity index (χ1) is 11.4. The summed E-state index contributed by atoms with van der Waals surface area (Å²) >= 11 is 0. The van der Waals surface area contributed by atoms with Crippen LogP contribution in [0, 0.1) is 6.92 Å². The molecule has 1 aliphatic rings. The smallest absolute Gasteiger partial charge is 0.337 e. The summed E-state index contributed by atoms with van der Waals surface area (Å²) in [5.74, 6) is 1.10. The number of benzene rings is 1. The first-order valence-electron chi connectivity index (χ1n) is 7.53. The molecule has 9 heteroatoms. The lowest BCUT2D eigenvalue weighted by molar-refractivity contribution is -0.137. The predicted octanol–water partition coefficient (Wildman–Crippen LogP) is 2.01. The van der Waals surface area contributed by atoms with E-state index in [1.165, 1.54) is 10.6 Å². The zero-order chi connectivity index (χ0) is 17.1. The van der Waals surface area contributed by atoms with E-state index in [1.807, 2.05) is 11.9 Å². The molecule has 1 aliphatic heterocycles. The second kappa shape index (κ2) is 5.04. The van der Waals surface area contributed by atoms with Crippen LogP contribution in [0.3, 0.4) is 0 Å². The second-order valence-corrected chi connectivity index (χ2v) is 5.93. The third-order valence-electron chi connectivity index (χ3n) is 4.26. The van der Waals surface area contributed by atoms with Crippen molar-refractivity contribution in [3.8, 4) is 0 Å². The topological polar surface area (TPSA) is 58.3 Å². The molecule has 0 aliphatic carbocycles. The highest BCUT2D eigenvalue weighted by atomic mass is 19.4. The van der Waals surface area contributed by atoms with Crippen molar-refractivity contribution >= 4 is 22.5 Å². The molecule has 6 nitrogen and oxygen atoms in total. The van der Waals surface area contributed by atoms with Gasteiger partial charge in [-0.25, -0.2) is 9.97 Å². The average Bonchev–Trinajstić information content (AvgIpc) is 2.86. The van der Waals surface area contributed by atoms with Gasteiger partial charge in [0.15, 0.2) is 5.65 Å². The third-order valence-corrected chi connectivity index (χ3v) is 4.26. The monoisotopic (exact) mass is 336 g/mol. The fraction of sp³-hybridized carbons (Fsp3) is 0.400. The lowest BCUT2D eigenvalue weighted by atomic mass is 10.1. The SMILES string of the molecule is CNC1CN(c2nc3ccc(C(F)(F)F)cc3c3nc(C)nn23)C1. The molecular weight excluding hydrogens is 321 g/mol. The van der Waals surface area contributed by atoms with E-state index in [2.05, 4.69) is 20.4 Å². The molecule has 0 amide bonds. The van der Waals surface area contributed by atoms with E-state index in [-0.39, 0.29) is 0 Å². The molecule has 4 rings (SSSR count). The van der Waals surface area contributed by atoms with E-state index >= 15 is 0 Å². The molecule has 3 aromatic rings. The number of anilines is 1. The van der Waals surface area contributed by atoms with Crippen LogP contribution in [0.1, 0.15) is 11.4 Å². The molecule has 3 heterocycles. The minimum Gasteiger partial charge on any atom is -0.337 e. The van der Waals surface area contributed by atoms with Crippen LogP contribution in [0.4, 0.5) is 19.1 Å². The van der Waals surface area contributed by atoms with Gasteiger partial charge in [-0.2, -0.15) is 17.7 Å². The number of hydrogen-bond acceptors (Lipinski definition) is 5. The predicted molar refractivity (Wildman–Crippen MR) is 83.1 cm³/mol. The molecular formula is C15H15F3N6. The fourth-order valence-electron chi connectivity index (χ4n) is 2.90. The average molecular weight is 336 g/mol. The number of halogens is 3. The molecule has 126 valence electrons. The summed E-state index contributed by atoms with van der Waals surface area (Å²) in [6.07, 6.45) is -4.41. The van der Waals surface area contributed by atoms with Gasteiger partial charge in [-0.3, -0.25) is 0 Å². The van der Waals surface area contributed by atoms with Crippen molar-refractivity contribution in [3.63, 3.8) is 0 Å². The van der Waals surface area contributed by atoms with Crippen LogP contribution >= 0.6 is 0 Å². The van der Waals surface area contributed by atoms with Crippen molar-refractivity contribution in [2.75, 3.05) is 25.0 Å². The van der Waals surface area contributed by atoms with Crippen LogP contribution in [0.15, 0.2) is 18.2 Å². The fourth-order valence-corrected chi connectivity index (χ4v) is 2.90. The molecule has 0 saturated carbocycles. The Morgan fingerprint density at radius 2 is 1.96 bits per heavy atom. The molecule has 2 aromatic heterocycles. The zero-order valence-corrected chi connectivity index (χ0v) is 13.1. The highest BCUT2D eigenvalue weighted by Crippen LogP contribution is 2.33. The minimum absolute atomic E-state index is 0.347. The number of likely N-dealkylation sites (N-methyl/N-ethyl adjacent to an activating group) is 1. The van der Waals surface area contributed by atoms with Crippen molar-refractivity contribution in [1.82, 2.24) is 24.9 Å². The van der Waals surface area contributed by atoms with Crippen molar-refractivity contribution in [3.05, 3.63) is 29.6 Å². The van der Waals surface area contributed by atoms with Crippen molar-refractivity contribution in [1.29, 1.82) is 0 Å². The van der Waals surface area contributed by atoms with Gasteiger partial charge in [-0.15, -0.1) is 5.10 Å². The van der Waals surface area contributed by atoms with E-state index in [1.54, 1.807) is 6.92 Å². The number of aryl methyl sites for hydroxylation is 1. The molecule has 1 fully saturated rings. The summed E-state index contributed by atoms with van der Waals surface area (Å²) in [6.45, 7) is 3.25. The molecule has 24 heavy (non-hydrogen) atoms. The van der Waals surface area contributed by atoms with Gasteiger partial charge in [0.1, 0.15) is 5.82 Å². The van der Waals surface area contributed by atoms with Gasteiger partial charge in [0.2, 0.25) is 5.95 Å². The third kappa shape index (κ3) is 2.27. The lowest BCUT2D eigenvalue weighted by Crippen LogP contribution is -2.58. The molecule has 0 radical (unpaired) electrons. The molecule has 1 N–H and O–H groups in total. The standard InChI is InChI=1S/C15H15F3N6/c1-8-20-13-11-5-9(15(16,17)18)3-4-12(11)21-14(24(13)22-8)23-6-10(7-23)19-2/h3-5,10,19H,6-7H2,1-2H3. The second-order valence-electron chi connectivity index (χ2n) is 5.93. The minimum atomic E-state index is -4.41. The van der Waals surface area contributed by atoms with Gasteiger partial charge in [-0.1, -0.05) is 0 Å². The summed E-state index contributed by atoms with van der Waals surface area (Å²) in [7, 11) is 1.89. The Kier molecular flexibility index (Phi) is 3.17. The summed E-state index contributed by atoms with van der Waals surface area (Å²) in [6, 6.07) is 3.89. The number of nitrogens with one attached hydrogen (secondary N) is 1. The van der Waals surface area contributed by atoms with Crippen LogP contribution in [-0.4, -0.2) is 45.8 Å². The summed E-state index contributed by atoms with van der Waals surface area (Å²) in [5.41, 5.74) is 0.156. The van der Waals surface area contributed by atoms with Crippen molar-refractivity contribution < 1.29 is 13.2 Å². The maximum absolute atomic E-state index is 13.0. The van der Waals surface area contributed by atoms with Gasteiger partial charge in [0.05, 0.1) is 11.1 Å². The normalized spacial score (nSPS) is 16.1. The highest BCUT2D eigenvalue weighted by molar-refractivity contribution is 5.93. The van der Waals surface area contributed by atoms with E-state index in [0.29, 0.717) is 34.4 Å². The number of hydrogen-bond donors (Lipinski definition) is 1. The van der Waals surface area contributed by atoms with Gasteiger partial charge in [0, 0.05) is 24.5 Å². The number of aromatic nitrogens is 4. The number of fused-ring (bicyclic) bond motifs is 3. The van der Waals surface area contributed by atoms with Crippen LogP contribution in [-0.2, 0) is 6.18 Å². The van der Waals surface area contributed by atoms with Crippen LogP contribution in [0.25, 0.3) is 16.6 Å². The van der Waals surface area contributed by atoms with E-state index in [9.17, 15) is 13.2 Å². The molecule has 0 bridgehead atoms. The van der Waals surface area contributed by atoms with E-state index < -0.39 is 11.7 Å². The molecule has 0 unspecified atom stereocenters. The maximum Gasteiger partial charge on any atom is 0.416 e. The Morgan fingerprint density at radius 1 is 1.21 bits per heavy atom. The maximum atomic E-state index is 13.0. The highest BCUT2D eigenvalue weighted by Gasteiger charge is 2.32. The van der Waals surface area contributed by atoms with Crippen molar-refractivity contribution in [2.45, 2.75) is 19.1 Å². The molecule has 0 spiro atoms. The quantitative estimate of drug-likeness (QED) is 0.776. The summed E-state index contributed by atoms with van der Waals surface area (Å²) in [4.78, 5) is 10.9. The van der Waals surface area contributed by atoms with Gasteiger partial charge in [-0.05, 0) is 32.2 Å². The first-order valence-corrected chi connectivity index (χ1v) is 7.53. The van der Waals surface area contributed by atoms with Crippen molar-refractivity contribution in [2.24, 2.45) is 0 Å².